The van der Waals surface area contributed by atoms with E-state index in [9.17, 15) is 0 Å². The summed E-state index contributed by atoms with van der Waals surface area (Å²) >= 11 is 1.79. The first-order valence-electron chi connectivity index (χ1n) is 4.56. The van der Waals surface area contributed by atoms with Gasteiger partial charge in [0.25, 0.3) is 0 Å². The fraction of sp³-hybridized carbons (Fsp3) is 0.667. The molecular formula is C9H14N2OS. The van der Waals surface area contributed by atoms with E-state index in [1.54, 1.807) is 11.3 Å². The molecule has 1 aliphatic rings. The van der Waals surface area contributed by atoms with Crippen LogP contribution in [-0.2, 0) is 24.2 Å². The minimum absolute atomic E-state index is 0.202. The molecular weight excluding hydrogens is 184 g/mol. The Labute approximate surface area is 81.9 Å². The molecule has 1 aromatic rings. The Morgan fingerprint density at radius 1 is 1.69 bits per heavy atom. The van der Waals surface area contributed by atoms with Crippen LogP contribution in [0.5, 0.6) is 0 Å². The van der Waals surface area contributed by atoms with Crippen molar-refractivity contribution in [2.75, 3.05) is 6.61 Å². The maximum Gasteiger partial charge on any atom is 0.0947 e. The molecule has 2 N–H and O–H groups in total. The Morgan fingerprint density at radius 2 is 2.54 bits per heavy atom. The van der Waals surface area contributed by atoms with Crippen LogP contribution in [0.2, 0.25) is 0 Å². The highest BCUT2D eigenvalue weighted by Gasteiger charge is 2.15. The largest absolute Gasteiger partial charge is 0.375 e. The molecule has 72 valence electrons. The van der Waals surface area contributed by atoms with Gasteiger partial charge in [-0.2, -0.15) is 0 Å². The standard InChI is InChI=1S/C9H14N2OS/c1-6(10)4-9-11-7-5-12-3-2-8(7)13-9/h6H,2-5,10H2,1H3. The summed E-state index contributed by atoms with van der Waals surface area (Å²) in [5.41, 5.74) is 6.85. The van der Waals surface area contributed by atoms with Crippen LogP contribution in [0.1, 0.15) is 22.5 Å². The van der Waals surface area contributed by atoms with Crippen molar-refractivity contribution in [3.05, 3.63) is 15.6 Å². The van der Waals surface area contributed by atoms with Gasteiger partial charge in [-0.15, -0.1) is 11.3 Å². The fourth-order valence-electron chi connectivity index (χ4n) is 1.44. The summed E-state index contributed by atoms with van der Waals surface area (Å²) in [5, 5.41) is 1.16. The molecule has 0 bridgehead atoms. The van der Waals surface area contributed by atoms with Crippen molar-refractivity contribution in [2.24, 2.45) is 5.73 Å². The molecule has 4 heteroatoms. The van der Waals surface area contributed by atoms with E-state index in [1.165, 1.54) is 4.88 Å². The zero-order valence-corrected chi connectivity index (χ0v) is 8.56. The van der Waals surface area contributed by atoms with E-state index in [4.69, 9.17) is 10.5 Å². The Balaban J connectivity index is 2.15. The predicted octanol–water partition coefficient (Wildman–Crippen LogP) is 1.11. The van der Waals surface area contributed by atoms with Crippen molar-refractivity contribution in [3.63, 3.8) is 0 Å². The first kappa shape index (κ1) is 9.12. The summed E-state index contributed by atoms with van der Waals surface area (Å²) in [7, 11) is 0. The van der Waals surface area contributed by atoms with Crippen LogP contribution in [0.4, 0.5) is 0 Å². The van der Waals surface area contributed by atoms with Crippen LogP contribution in [0, 0.1) is 0 Å². The zero-order valence-electron chi connectivity index (χ0n) is 7.75. The smallest absolute Gasteiger partial charge is 0.0947 e. The average Bonchev–Trinajstić information content (AvgIpc) is 2.44. The molecule has 13 heavy (non-hydrogen) atoms. The van der Waals surface area contributed by atoms with Crippen LogP contribution in [0.3, 0.4) is 0 Å². The number of aromatic nitrogens is 1. The zero-order chi connectivity index (χ0) is 9.26. The van der Waals surface area contributed by atoms with Crippen LogP contribution in [0.15, 0.2) is 0 Å². The van der Waals surface area contributed by atoms with Gasteiger partial charge in [-0.3, -0.25) is 0 Å². The van der Waals surface area contributed by atoms with Crippen molar-refractivity contribution >= 4 is 11.3 Å². The van der Waals surface area contributed by atoms with Crippen molar-refractivity contribution < 1.29 is 4.74 Å². The molecule has 1 aliphatic heterocycles. The molecule has 0 fully saturated rings. The normalized spacial score (nSPS) is 18.3. The van der Waals surface area contributed by atoms with Gasteiger partial charge < -0.3 is 10.5 Å². The van der Waals surface area contributed by atoms with E-state index in [0.717, 1.165) is 30.2 Å². The van der Waals surface area contributed by atoms with Gasteiger partial charge in [0.05, 0.1) is 23.9 Å². The lowest BCUT2D eigenvalue weighted by molar-refractivity contribution is 0.109. The number of rotatable bonds is 2. The molecule has 3 nitrogen and oxygen atoms in total. The van der Waals surface area contributed by atoms with E-state index in [2.05, 4.69) is 4.98 Å². The summed E-state index contributed by atoms with van der Waals surface area (Å²) < 4.78 is 5.33. The fourth-order valence-corrected chi connectivity index (χ4v) is 2.64. The Morgan fingerprint density at radius 3 is 3.23 bits per heavy atom. The third-order valence-corrected chi connectivity index (χ3v) is 3.21. The van der Waals surface area contributed by atoms with E-state index in [1.807, 2.05) is 6.92 Å². The van der Waals surface area contributed by atoms with Gasteiger partial charge in [0.2, 0.25) is 0 Å². The molecule has 0 aromatic carbocycles. The highest BCUT2D eigenvalue weighted by molar-refractivity contribution is 7.11. The van der Waals surface area contributed by atoms with Gasteiger partial charge in [-0.05, 0) is 6.92 Å². The molecule has 0 saturated heterocycles. The number of hydrogen-bond donors (Lipinski definition) is 1. The van der Waals surface area contributed by atoms with Gasteiger partial charge in [0, 0.05) is 23.8 Å². The Kier molecular flexibility index (Phi) is 2.62. The third-order valence-electron chi connectivity index (χ3n) is 2.03. The average molecular weight is 198 g/mol. The molecule has 0 spiro atoms. The third kappa shape index (κ3) is 2.07. The van der Waals surface area contributed by atoms with Gasteiger partial charge in [0.15, 0.2) is 0 Å². The van der Waals surface area contributed by atoms with Crippen molar-refractivity contribution in [2.45, 2.75) is 32.4 Å². The highest BCUT2D eigenvalue weighted by atomic mass is 32.1. The van der Waals surface area contributed by atoms with E-state index >= 15 is 0 Å². The maximum atomic E-state index is 5.72. The minimum Gasteiger partial charge on any atom is -0.375 e. The molecule has 0 radical (unpaired) electrons. The summed E-state index contributed by atoms with van der Waals surface area (Å²) in [6, 6.07) is 0.202. The summed E-state index contributed by atoms with van der Waals surface area (Å²) in [4.78, 5) is 5.90. The van der Waals surface area contributed by atoms with Gasteiger partial charge in [0.1, 0.15) is 0 Å². The topological polar surface area (TPSA) is 48.1 Å². The molecule has 1 aromatic heterocycles. The molecule has 2 rings (SSSR count). The molecule has 2 heterocycles. The number of hydrogen-bond acceptors (Lipinski definition) is 4. The molecule has 1 atom stereocenters. The van der Waals surface area contributed by atoms with E-state index < -0.39 is 0 Å². The second-order valence-corrected chi connectivity index (χ2v) is 4.63. The highest BCUT2D eigenvalue weighted by Crippen LogP contribution is 2.23. The number of ether oxygens (including phenoxy) is 1. The van der Waals surface area contributed by atoms with Crippen molar-refractivity contribution in [1.82, 2.24) is 4.98 Å². The van der Waals surface area contributed by atoms with E-state index in [-0.39, 0.29) is 6.04 Å². The minimum atomic E-state index is 0.202. The van der Waals surface area contributed by atoms with Gasteiger partial charge >= 0.3 is 0 Å². The quantitative estimate of drug-likeness (QED) is 0.774. The summed E-state index contributed by atoms with van der Waals surface area (Å²) in [5.74, 6) is 0. The lowest BCUT2D eigenvalue weighted by atomic mass is 10.2. The monoisotopic (exact) mass is 198 g/mol. The van der Waals surface area contributed by atoms with Crippen LogP contribution >= 0.6 is 11.3 Å². The number of fused-ring (bicyclic) bond motifs is 1. The van der Waals surface area contributed by atoms with Gasteiger partial charge in [-0.1, -0.05) is 0 Å². The van der Waals surface area contributed by atoms with Crippen LogP contribution in [-0.4, -0.2) is 17.6 Å². The van der Waals surface area contributed by atoms with Crippen LogP contribution < -0.4 is 5.73 Å². The Bertz CT molecular complexity index is 272. The van der Waals surface area contributed by atoms with Crippen molar-refractivity contribution in [3.8, 4) is 0 Å². The predicted molar refractivity (Wildman–Crippen MR) is 52.8 cm³/mol. The lowest BCUT2D eigenvalue weighted by Gasteiger charge is -2.08. The lowest BCUT2D eigenvalue weighted by Crippen LogP contribution is -2.17. The van der Waals surface area contributed by atoms with Crippen LogP contribution in [0.25, 0.3) is 0 Å². The number of nitrogens with zero attached hydrogens (tertiary/aromatic N) is 1. The number of thiazole rings is 1. The second kappa shape index (κ2) is 3.74. The molecule has 1 unspecified atom stereocenters. The summed E-state index contributed by atoms with van der Waals surface area (Å²) in [6.07, 6.45) is 1.91. The maximum absolute atomic E-state index is 5.72. The first-order chi connectivity index (χ1) is 6.25. The number of nitrogens with two attached hydrogens (primary N) is 1. The van der Waals surface area contributed by atoms with Crippen molar-refractivity contribution in [1.29, 1.82) is 0 Å². The SMILES string of the molecule is CC(N)Cc1nc2c(s1)CCOC2. The summed E-state index contributed by atoms with van der Waals surface area (Å²) in [6.45, 7) is 3.54. The van der Waals surface area contributed by atoms with E-state index in [0.29, 0.717) is 6.61 Å². The first-order valence-corrected chi connectivity index (χ1v) is 5.38. The second-order valence-electron chi connectivity index (χ2n) is 3.46. The van der Waals surface area contributed by atoms with Gasteiger partial charge in [-0.25, -0.2) is 4.98 Å². The molecule has 0 saturated carbocycles. The molecule has 0 aliphatic carbocycles. The molecule has 0 amide bonds. The Hall–Kier alpha value is -0.450.